The van der Waals surface area contributed by atoms with Gasteiger partial charge in [0.25, 0.3) is 5.56 Å². The van der Waals surface area contributed by atoms with Crippen LogP contribution < -0.4 is 5.56 Å². The van der Waals surface area contributed by atoms with Crippen LogP contribution in [0.25, 0.3) is 33.5 Å². The number of nitrogens with zero attached hydrogens (tertiary/aromatic N) is 2. The molecule has 1 atom stereocenters. The Bertz CT molecular complexity index is 1740. The van der Waals surface area contributed by atoms with E-state index in [-0.39, 0.29) is 12.2 Å². The van der Waals surface area contributed by atoms with Crippen molar-refractivity contribution < 1.29 is 14.3 Å². The number of para-hydroxylation sites is 2. The first-order valence-electron chi connectivity index (χ1n) is 12.7. The lowest BCUT2D eigenvalue weighted by molar-refractivity contribution is -0.147. The molecule has 0 amide bonds. The molecule has 1 unspecified atom stereocenters. The normalized spacial score (nSPS) is 11.9. The van der Waals surface area contributed by atoms with Crippen molar-refractivity contribution in [3.8, 4) is 22.6 Å². The Hall–Kier alpha value is -4.23. The molecular formula is C32H27BrN2O4. The minimum Gasteiger partial charge on any atom is -0.465 e. The molecule has 3 aromatic carbocycles. The van der Waals surface area contributed by atoms with E-state index in [1.165, 1.54) is 6.92 Å². The molecule has 0 aliphatic carbocycles. The van der Waals surface area contributed by atoms with E-state index in [2.05, 4.69) is 15.9 Å². The van der Waals surface area contributed by atoms with Crippen LogP contribution in [-0.4, -0.2) is 27.5 Å². The first-order chi connectivity index (χ1) is 18.8. The number of rotatable bonds is 7. The zero-order valence-corrected chi connectivity index (χ0v) is 23.4. The fourth-order valence-electron chi connectivity index (χ4n) is 5.13. The fraction of sp³-hybridized carbons (Fsp3) is 0.156. The van der Waals surface area contributed by atoms with Crippen molar-refractivity contribution in [1.82, 2.24) is 9.13 Å². The highest BCUT2D eigenvalue weighted by molar-refractivity contribution is 9.10. The minimum atomic E-state index is -1.28. The standard InChI is InChI=1S/C32H27BrN2O4/c1-4-39-32(38)27(21(3)36)29-28-26(19-20(2)34(31(28)37)24-11-7-5-8-12-24)35(25-13-9-6-10-14-25)30(29)22-15-17-23(33)18-16-22/h5-19,27H,4H2,1-3H3. The molecule has 0 N–H and O–H groups in total. The second kappa shape index (κ2) is 10.9. The van der Waals surface area contributed by atoms with Crippen LogP contribution in [0.3, 0.4) is 0 Å². The second-order valence-corrected chi connectivity index (χ2v) is 10.2. The van der Waals surface area contributed by atoms with Crippen LogP contribution in [0.4, 0.5) is 0 Å². The van der Waals surface area contributed by atoms with E-state index in [1.807, 2.05) is 102 Å². The molecule has 0 radical (unpaired) electrons. The molecule has 0 spiro atoms. The number of aromatic nitrogens is 2. The molecule has 6 nitrogen and oxygen atoms in total. The SMILES string of the molecule is CCOC(=O)C(C(C)=O)c1c(-c2ccc(Br)cc2)n(-c2ccccc2)c2cc(C)n(-c3ccccc3)c(=O)c12. The maximum Gasteiger partial charge on any atom is 0.321 e. The number of ketones is 1. The molecule has 0 fully saturated rings. The summed E-state index contributed by atoms with van der Waals surface area (Å²) in [5, 5.41) is 0.305. The van der Waals surface area contributed by atoms with Gasteiger partial charge in [0, 0.05) is 27.1 Å². The molecule has 0 aliphatic rings. The minimum absolute atomic E-state index is 0.112. The first-order valence-corrected chi connectivity index (χ1v) is 13.5. The van der Waals surface area contributed by atoms with Gasteiger partial charge in [0.15, 0.2) is 0 Å². The van der Waals surface area contributed by atoms with Gasteiger partial charge < -0.3 is 9.30 Å². The van der Waals surface area contributed by atoms with Crippen LogP contribution in [0.5, 0.6) is 0 Å². The molecule has 7 heteroatoms. The number of carbonyl (C=O) groups excluding carboxylic acids is 2. The maximum atomic E-state index is 14.4. The zero-order valence-electron chi connectivity index (χ0n) is 21.9. The molecule has 0 aliphatic heterocycles. The Morgan fingerprint density at radius 3 is 1.97 bits per heavy atom. The van der Waals surface area contributed by atoms with E-state index in [1.54, 1.807) is 11.5 Å². The van der Waals surface area contributed by atoms with Gasteiger partial charge in [-0.3, -0.25) is 19.0 Å². The van der Waals surface area contributed by atoms with Gasteiger partial charge in [-0.15, -0.1) is 0 Å². The zero-order chi connectivity index (χ0) is 27.7. The lowest BCUT2D eigenvalue weighted by atomic mass is 9.90. The summed E-state index contributed by atoms with van der Waals surface area (Å²) in [7, 11) is 0. The molecule has 5 aromatic rings. The number of hydrogen-bond donors (Lipinski definition) is 0. The number of Topliss-reactive ketones (excluding diaryl/α,β-unsaturated/α-hetero) is 1. The average Bonchev–Trinajstić information content (AvgIpc) is 3.24. The van der Waals surface area contributed by atoms with Crippen LogP contribution in [-0.2, 0) is 14.3 Å². The molecule has 0 saturated carbocycles. The number of benzene rings is 3. The van der Waals surface area contributed by atoms with Gasteiger partial charge in [-0.1, -0.05) is 64.5 Å². The molecule has 39 heavy (non-hydrogen) atoms. The molecule has 5 rings (SSSR count). The van der Waals surface area contributed by atoms with Crippen LogP contribution in [0, 0.1) is 6.92 Å². The molecule has 2 aromatic heterocycles. The number of pyridine rings is 1. The predicted molar refractivity (Wildman–Crippen MR) is 157 cm³/mol. The van der Waals surface area contributed by atoms with Gasteiger partial charge in [0.2, 0.25) is 0 Å². The van der Waals surface area contributed by atoms with Gasteiger partial charge in [0.05, 0.1) is 23.2 Å². The Labute approximate surface area is 234 Å². The van der Waals surface area contributed by atoms with Gasteiger partial charge in [0.1, 0.15) is 11.7 Å². The van der Waals surface area contributed by atoms with Crippen LogP contribution in [0.1, 0.15) is 31.0 Å². The van der Waals surface area contributed by atoms with E-state index < -0.39 is 17.7 Å². The summed E-state index contributed by atoms with van der Waals surface area (Å²) in [4.78, 5) is 41.0. The molecule has 196 valence electrons. The highest BCUT2D eigenvalue weighted by Gasteiger charge is 2.36. The number of esters is 1. The monoisotopic (exact) mass is 582 g/mol. The summed E-state index contributed by atoms with van der Waals surface area (Å²) in [6.07, 6.45) is 0. The van der Waals surface area contributed by atoms with E-state index in [9.17, 15) is 14.4 Å². The fourth-order valence-corrected chi connectivity index (χ4v) is 5.40. The molecule has 0 bridgehead atoms. The first kappa shape index (κ1) is 26.4. The van der Waals surface area contributed by atoms with E-state index in [4.69, 9.17) is 4.74 Å². The third-order valence-corrected chi connectivity index (χ3v) is 7.25. The Kier molecular flexibility index (Phi) is 7.35. The Morgan fingerprint density at radius 2 is 1.44 bits per heavy atom. The maximum absolute atomic E-state index is 14.4. The quantitative estimate of drug-likeness (QED) is 0.157. The number of fused-ring (bicyclic) bond motifs is 1. The highest BCUT2D eigenvalue weighted by Crippen LogP contribution is 2.41. The number of ether oxygens (including phenoxy) is 1. The van der Waals surface area contributed by atoms with Crippen molar-refractivity contribution in [2.75, 3.05) is 6.61 Å². The van der Waals surface area contributed by atoms with Gasteiger partial charge in [-0.2, -0.15) is 0 Å². The van der Waals surface area contributed by atoms with E-state index in [0.29, 0.717) is 27.8 Å². The van der Waals surface area contributed by atoms with Crippen molar-refractivity contribution in [3.05, 3.63) is 117 Å². The van der Waals surface area contributed by atoms with Gasteiger partial charge >= 0.3 is 5.97 Å². The number of halogens is 1. The van der Waals surface area contributed by atoms with Gasteiger partial charge in [-0.25, -0.2) is 0 Å². The molecular weight excluding hydrogens is 556 g/mol. The van der Waals surface area contributed by atoms with Crippen LogP contribution in [0.2, 0.25) is 0 Å². The second-order valence-electron chi connectivity index (χ2n) is 9.26. The number of carbonyl (C=O) groups is 2. The molecule has 0 saturated heterocycles. The van der Waals surface area contributed by atoms with Crippen LogP contribution in [0.15, 0.2) is 100 Å². The lowest BCUT2D eigenvalue weighted by Crippen LogP contribution is -2.26. The summed E-state index contributed by atoms with van der Waals surface area (Å²) in [5.41, 5.74) is 4.21. The number of hydrogen-bond acceptors (Lipinski definition) is 4. The van der Waals surface area contributed by atoms with Crippen LogP contribution >= 0.6 is 15.9 Å². The largest absolute Gasteiger partial charge is 0.465 e. The summed E-state index contributed by atoms with van der Waals surface area (Å²) in [6.45, 7) is 5.05. The van der Waals surface area contributed by atoms with E-state index in [0.717, 1.165) is 21.4 Å². The van der Waals surface area contributed by atoms with Crippen molar-refractivity contribution >= 4 is 38.6 Å². The summed E-state index contributed by atoms with van der Waals surface area (Å²) in [5.74, 6) is -2.36. The highest BCUT2D eigenvalue weighted by atomic mass is 79.9. The summed E-state index contributed by atoms with van der Waals surface area (Å²) in [6, 6.07) is 28.5. The van der Waals surface area contributed by atoms with Crippen molar-refractivity contribution in [2.45, 2.75) is 26.7 Å². The lowest BCUT2D eigenvalue weighted by Gasteiger charge is -2.17. The smallest absolute Gasteiger partial charge is 0.321 e. The topological polar surface area (TPSA) is 70.3 Å². The molecule has 2 heterocycles. The average molecular weight is 583 g/mol. The third kappa shape index (κ3) is 4.74. The Balaban J connectivity index is 2.03. The summed E-state index contributed by atoms with van der Waals surface area (Å²) < 4.78 is 9.85. The third-order valence-electron chi connectivity index (χ3n) is 6.72. The van der Waals surface area contributed by atoms with Crippen molar-refractivity contribution in [2.24, 2.45) is 0 Å². The number of aryl methyl sites for hydroxylation is 1. The van der Waals surface area contributed by atoms with Crippen molar-refractivity contribution in [1.29, 1.82) is 0 Å². The van der Waals surface area contributed by atoms with E-state index >= 15 is 0 Å². The van der Waals surface area contributed by atoms with Gasteiger partial charge in [-0.05, 0) is 68.8 Å². The Morgan fingerprint density at radius 1 is 0.872 bits per heavy atom. The predicted octanol–water partition coefficient (Wildman–Crippen LogP) is 6.76. The summed E-state index contributed by atoms with van der Waals surface area (Å²) >= 11 is 3.50. The van der Waals surface area contributed by atoms with Crippen molar-refractivity contribution in [3.63, 3.8) is 0 Å².